The van der Waals surface area contributed by atoms with E-state index in [1.807, 2.05) is 0 Å². The fourth-order valence-corrected chi connectivity index (χ4v) is 12.1. The Hall–Kier alpha value is -7.22. The van der Waals surface area contributed by atoms with Crippen molar-refractivity contribution < 1.29 is 0 Å². The average molecular weight is 764 g/mol. The molecule has 9 aromatic carbocycles. The maximum absolute atomic E-state index is 2.54. The maximum Gasteiger partial charge on any atom is 0.0760 e. The van der Waals surface area contributed by atoms with Gasteiger partial charge in [0.25, 0.3) is 0 Å². The third kappa shape index (κ3) is 4.17. The van der Waals surface area contributed by atoms with Crippen LogP contribution in [0.3, 0.4) is 0 Å². The summed E-state index contributed by atoms with van der Waals surface area (Å²) in [7, 11) is 0. The number of hydrogen-bond donors (Lipinski definition) is 0. The topological polar surface area (TPSA) is 4.93 Å². The van der Waals surface area contributed by atoms with Crippen molar-refractivity contribution in [2.75, 3.05) is 0 Å². The predicted octanol–water partition coefficient (Wildman–Crippen LogP) is 14.6. The van der Waals surface area contributed by atoms with E-state index in [4.69, 9.17) is 0 Å². The summed E-state index contributed by atoms with van der Waals surface area (Å²) in [5.74, 6) is -0.00822. The second kappa shape index (κ2) is 12.2. The highest BCUT2D eigenvalue weighted by Crippen LogP contribution is 2.63. The van der Waals surface area contributed by atoms with E-state index in [2.05, 4.69) is 225 Å². The van der Waals surface area contributed by atoms with Crippen molar-refractivity contribution >= 4 is 21.8 Å². The molecule has 3 aliphatic rings. The lowest BCUT2D eigenvalue weighted by Gasteiger charge is -2.40. The highest BCUT2D eigenvalue weighted by Gasteiger charge is 2.52. The average Bonchev–Trinajstić information content (AvgIpc) is 3.89. The van der Waals surface area contributed by atoms with Gasteiger partial charge in [0.1, 0.15) is 0 Å². The quantitative estimate of drug-likeness (QED) is 0.157. The number of para-hydroxylation sites is 3. The van der Waals surface area contributed by atoms with Crippen molar-refractivity contribution in [3.63, 3.8) is 0 Å². The molecule has 0 saturated heterocycles. The van der Waals surface area contributed by atoms with Gasteiger partial charge in [-0.2, -0.15) is 0 Å². The molecule has 1 aliphatic heterocycles. The number of benzene rings is 9. The molecule has 0 fully saturated rings. The second-order valence-electron chi connectivity index (χ2n) is 17.5. The van der Waals surface area contributed by atoms with Gasteiger partial charge in [0.15, 0.2) is 0 Å². The summed E-state index contributed by atoms with van der Waals surface area (Å²) in [4.78, 5) is 0. The highest BCUT2D eigenvalue weighted by molar-refractivity contribution is 6.13. The van der Waals surface area contributed by atoms with Crippen LogP contribution in [0.25, 0.3) is 60.9 Å². The molecule has 13 rings (SSSR count). The van der Waals surface area contributed by atoms with Crippen molar-refractivity contribution in [2.45, 2.75) is 30.6 Å². The third-order valence-corrected chi connectivity index (χ3v) is 14.3. The summed E-state index contributed by atoms with van der Waals surface area (Å²) < 4.78 is 2.54. The maximum atomic E-state index is 2.54. The van der Waals surface area contributed by atoms with Gasteiger partial charge in [-0.15, -0.1) is 0 Å². The minimum Gasteiger partial charge on any atom is -0.309 e. The molecule has 10 aromatic rings. The fourth-order valence-electron chi connectivity index (χ4n) is 12.1. The van der Waals surface area contributed by atoms with E-state index in [1.165, 1.54) is 111 Å². The predicted molar refractivity (Wildman–Crippen MR) is 248 cm³/mol. The van der Waals surface area contributed by atoms with E-state index in [9.17, 15) is 0 Å². The lowest BCUT2D eigenvalue weighted by Crippen LogP contribution is -2.34. The van der Waals surface area contributed by atoms with E-state index in [0.717, 1.165) is 0 Å². The first kappa shape index (κ1) is 33.7. The number of nitrogens with zero attached hydrogens (tertiary/aromatic N) is 1. The normalized spacial score (nSPS) is 16.6. The van der Waals surface area contributed by atoms with Crippen LogP contribution in [0.5, 0.6) is 0 Å². The summed E-state index contributed by atoms with van der Waals surface area (Å²) in [6, 6.07) is 78.1. The van der Waals surface area contributed by atoms with Gasteiger partial charge in [0, 0.05) is 22.1 Å². The summed E-state index contributed by atoms with van der Waals surface area (Å²) in [5, 5.41) is 2.59. The molecular formula is C59H41N. The second-order valence-corrected chi connectivity index (χ2v) is 17.5. The van der Waals surface area contributed by atoms with Crippen LogP contribution in [0.15, 0.2) is 206 Å². The van der Waals surface area contributed by atoms with Gasteiger partial charge in [-0.3, -0.25) is 0 Å². The minimum atomic E-state index is -0.560. The molecule has 0 bridgehead atoms. The van der Waals surface area contributed by atoms with Crippen LogP contribution in [-0.2, 0) is 10.8 Å². The van der Waals surface area contributed by atoms with Crippen LogP contribution < -0.4 is 0 Å². The summed E-state index contributed by atoms with van der Waals surface area (Å²) >= 11 is 0. The lowest BCUT2D eigenvalue weighted by molar-refractivity contribution is 0.648. The van der Waals surface area contributed by atoms with Crippen LogP contribution in [-0.4, -0.2) is 4.57 Å². The number of rotatable bonds is 4. The monoisotopic (exact) mass is 763 g/mol. The zero-order chi connectivity index (χ0) is 39.7. The van der Waals surface area contributed by atoms with E-state index >= 15 is 0 Å². The molecule has 1 aromatic heterocycles. The van der Waals surface area contributed by atoms with Gasteiger partial charge >= 0.3 is 0 Å². The highest BCUT2D eigenvalue weighted by atomic mass is 15.0. The van der Waals surface area contributed by atoms with Gasteiger partial charge in [0.2, 0.25) is 0 Å². The Morgan fingerprint density at radius 2 is 0.883 bits per heavy atom. The molecule has 2 unspecified atom stereocenters. The molecule has 2 atom stereocenters. The fraction of sp³-hybridized carbons (Fsp3) is 0.0847. The van der Waals surface area contributed by atoms with Crippen LogP contribution in [0, 0.1) is 0 Å². The number of aromatic nitrogens is 1. The van der Waals surface area contributed by atoms with E-state index in [0.29, 0.717) is 0 Å². The van der Waals surface area contributed by atoms with Crippen LogP contribution in [0.4, 0.5) is 0 Å². The van der Waals surface area contributed by atoms with E-state index in [1.54, 1.807) is 0 Å². The van der Waals surface area contributed by atoms with Crippen LogP contribution >= 0.6 is 0 Å². The van der Waals surface area contributed by atoms with Crippen molar-refractivity contribution in [2.24, 2.45) is 0 Å². The van der Waals surface area contributed by atoms with E-state index in [-0.39, 0.29) is 11.3 Å². The molecule has 2 aliphatic carbocycles. The van der Waals surface area contributed by atoms with Crippen molar-refractivity contribution in [1.82, 2.24) is 4.57 Å². The van der Waals surface area contributed by atoms with Crippen molar-refractivity contribution in [3.8, 4) is 39.1 Å². The molecule has 2 heterocycles. The summed E-state index contributed by atoms with van der Waals surface area (Å²) in [6.07, 6.45) is 0. The van der Waals surface area contributed by atoms with Crippen LogP contribution in [0.1, 0.15) is 69.8 Å². The molecule has 0 saturated carbocycles. The molecule has 1 heteroatoms. The van der Waals surface area contributed by atoms with Gasteiger partial charge in [0.05, 0.1) is 22.1 Å². The third-order valence-electron chi connectivity index (χ3n) is 14.3. The van der Waals surface area contributed by atoms with Gasteiger partial charge in [-0.25, -0.2) is 0 Å². The molecule has 0 N–H and O–H groups in total. The van der Waals surface area contributed by atoms with Crippen molar-refractivity contribution in [1.29, 1.82) is 0 Å². The molecular weight excluding hydrogens is 723 g/mol. The molecule has 1 nitrogen and oxygen atoms in total. The Kier molecular flexibility index (Phi) is 6.84. The summed E-state index contributed by atoms with van der Waals surface area (Å²) in [6.45, 7) is 4.83. The van der Waals surface area contributed by atoms with Gasteiger partial charge in [-0.1, -0.05) is 208 Å². The molecule has 1 spiro atoms. The molecule has 0 radical (unpaired) electrons. The Labute approximate surface area is 350 Å². The largest absolute Gasteiger partial charge is 0.309 e. The Morgan fingerprint density at radius 1 is 0.367 bits per heavy atom. The zero-order valence-corrected chi connectivity index (χ0v) is 33.7. The van der Waals surface area contributed by atoms with Gasteiger partial charge < -0.3 is 4.57 Å². The van der Waals surface area contributed by atoms with Crippen LogP contribution in [0.2, 0.25) is 0 Å². The Balaban J connectivity index is 1.14. The van der Waals surface area contributed by atoms with E-state index < -0.39 is 5.41 Å². The number of hydrogen-bond acceptors (Lipinski definition) is 0. The first-order valence-corrected chi connectivity index (χ1v) is 21.3. The van der Waals surface area contributed by atoms with Gasteiger partial charge in [-0.05, 0) is 95.6 Å². The first-order valence-electron chi connectivity index (χ1n) is 21.3. The summed E-state index contributed by atoms with van der Waals surface area (Å²) in [5.41, 5.74) is 23.1. The SMILES string of the molecule is CC1(C)c2ccccc2-c2cccc(C(c3ccccc3)c3ccccc3-c3cccc4c3C3(c5ccccc5-4)c4ccccc4-n4c5ccccc5c5cccc3c54)c21. The minimum absolute atomic E-state index is 0.00822. The molecule has 0 amide bonds. The molecule has 282 valence electrons. The zero-order valence-electron chi connectivity index (χ0n) is 33.7. The first-order chi connectivity index (χ1) is 29.6. The lowest BCUT2D eigenvalue weighted by atomic mass is 9.63. The number of fused-ring (bicyclic) bond motifs is 15. The smallest absolute Gasteiger partial charge is 0.0760 e. The van der Waals surface area contributed by atoms with Crippen molar-refractivity contribution in [3.05, 3.63) is 256 Å². The Morgan fingerprint density at radius 3 is 1.70 bits per heavy atom. The Bertz CT molecular complexity index is 3420. The molecule has 60 heavy (non-hydrogen) atoms. The standard InChI is InChI=1S/C59H41N/c1-58(2)48-31-11-8-22-39(48)44-27-17-30-47(55(44)58)54(37-19-4-3-5-20-37)42-25-7-6-21-38(42)43-26-16-28-45-40-23-9-12-32-49(40)59(56(43)45)50-33-13-15-36-53(50)60-52-35-14-10-24-41(52)46-29-18-34-51(59)57(46)60/h3-36,54H,1-2H3.